The van der Waals surface area contributed by atoms with E-state index in [-0.39, 0.29) is 24.0 Å². The summed E-state index contributed by atoms with van der Waals surface area (Å²) in [6.45, 7) is 7.05. The number of rotatable bonds is 5. The molecule has 0 aliphatic carbocycles. The third-order valence-corrected chi connectivity index (χ3v) is 6.02. The molecular formula is C15H25N3O5S. The van der Waals surface area contributed by atoms with Crippen LogP contribution in [0, 0.1) is 5.92 Å². The van der Waals surface area contributed by atoms with Gasteiger partial charge >= 0.3 is 6.03 Å². The Labute approximate surface area is 142 Å². The molecular weight excluding hydrogens is 334 g/mol. The SMILES string of the molecule is CC(C)CN(C(=O)CN1C(=O)NC(C)(C)C1=O)C1CCS(=O)(=O)C1. The number of nitrogens with one attached hydrogen (secondary N) is 1. The van der Waals surface area contributed by atoms with Gasteiger partial charge in [0.1, 0.15) is 12.1 Å². The van der Waals surface area contributed by atoms with Crippen molar-refractivity contribution >= 4 is 27.7 Å². The quantitative estimate of drug-likeness (QED) is 0.695. The number of imide groups is 1. The number of hydrogen-bond acceptors (Lipinski definition) is 5. The Morgan fingerprint density at radius 1 is 1.38 bits per heavy atom. The lowest BCUT2D eigenvalue weighted by molar-refractivity contribution is -0.140. The first-order valence-corrected chi connectivity index (χ1v) is 9.89. The number of nitrogens with zero attached hydrogens (tertiary/aromatic N) is 2. The topological polar surface area (TPSA) is 104 Å². The summed E-state index contributed by atoms with van der Waals surface area (Å²) in [4.78, 5) is 39.3. The number of carbonyl (C=O) groups excluding carboxylic acids is 3. The highest BCUT2D eigenvalue weighted by Gasteiger charge is 2.46. The third-order valence-electron chi connectivity index (χ3n) is 4.27. The van der Waals surface area contributed by atoms with Crippen molar-refractivity contribution in [2.45, 2.75) is 45.7 Å². The Balaban J connectivity index is 2.14. The molecule has 4 amide bonds. The molecule has 1 unspecified atom stereocenters. The van der Waals surface area contributed by atoms with Gasteiger partial charge in [0, 0.05) is 12.6 Å². The van der Waals surface area contributed by atoms with Gasteiger partial charge in [0.15, 0.2) is 9.84 Å². The van der Waals surface area contributed by atoms with Gasteiger partial charge in [-0.25, -0.2) is 13.2 Å². The maximum Gasteiger partial charge on any atom is 0.325 e. The smallest absolute Gasteiger partial charge is 0.325 e. The lowest BCUT2D eigenvalue weighted by atomic mass is 10.1. The van der Waals surface area contributed by atoms with Crippen molar-refractivity contribution in [3.8, 4) is 0 Å². The molecule has 0 aromatic rings. The molecule has 24 heavy (non-hydrogen) atoms. The van der Waals surface area contributed by atoms with Crippen molar-refractivity contribution in [2.24, 2.45) is 5.92 Å². The summed E-state index contributed by atoms with van der Waals surface area (Å²) in [5, 5.41) is 2.53. The zero-order chi connectivity index (χ0) is 18.3. The largest absolute Gasteiger partial charge is 0.337 e. The Hall–Kier alpha value is -1.64. The maximum absolute atomic E-state index is 12.7. The van der Waals surface area contributed by atoms with E-state index in [1.165, 1.54) is 4.90 Å². The second-order valence-electron chi connectivity index (χ2n) is 7.44. The van der Waals surface area contributed by atoms with Crippen LogP contribution < -0.4 is 5.32 Å². The summed E-state index contributed by atoms with van der Waals surface area (Å²) >= 11 is 0. The van der Waals surface area contributed by atoms with Gasteiger partial charge in [-0.1, -0.05) is 13.8 Å². The Morgan fingerprint density at radius 3 is 2.42 bits per heavy atom. The minimum absolute atomic E-state index is 0.0584. The number of carbonyl (C=O) groups is 3. The van der Waals surface area contributed by atoms with Crippen LogP contribution in [0.2, 0.25) is 0 Å². The number of urea groups is 1. The van der Waals surface area contributed by atoms with Crippen LogP contribution >= 0.6 is 0 Å². The van der Waals surface area contributed by atoms with Gasteiger partial charge in [-0.2, -0.15) is 0 Å². The fourth-order valence-corrected chi connectivity index (χ4v) is 4.79. The van der Waals surface area contributed by atoms with Gasteiger partial charge in [-0.3, -0.25) is 14.5 Å². The van der Waals surface area contributed by atoms with Crippen molar-refractivity contribution in [3.63, 3.8) is 0 Å². The normalized spacial score (nSPS) is 25.2. The molecule has 0 aromatic heterocycles. The van der Waals surface area contributed by atoms with Gasteiger partial charge in [-0.15, -0.1) is 0 Å². The van der Waals surface area contributed by atoms with Gasteiger partial charge < -0.3 is 10.2 Å². The van der Waals surface area contributed by atoms with Gasteiger partial charge in [0.05, 0.1) is 11.5 Å². The molecule has 0 spiro atoms. The fraction of sp³-hybridized carbons (Fsp3) is 0.800. The monoisotopic (exact) mass is 359 g/mol. The molecule has 0 saturated carbocycles. The fourth-order valence-electron chi connectivity index (χ4n) is 3.06. The van der Waals surface area contributed by atoms with Crippen LogP contribution in [0.4, 0.5) is 4.79 Å². The second kappa shape index (κ2) is 6.34. The van der Waals surface area contributed by atoms with E-state index in [0.29, 0.717) is 13.0 Å². The lowest BCUT2D eigenvalue weighted by Gasteiger charge is -2.31. The molecule has 136 valence electrons. The van der Waals surface area contributed by atoms with Crippen LogP contribution in [-0.2, 0) is 19.4 Å². The molecule has 2 heterocycles. The van der Waals surface area contributed by atoms with E-state index in [0.717, 1.165) is 4.90 Å². The molecule has 0 aromatic carbocycles. The minimum atomic E-state index is -3.13. The lowest BCUT2D eigenvalue weighted by Crippen LogP contribution is -2.49. The van der Waals surface area contributed by atoms with Crippen LogP contribution in [-0.4, -0.2) is 72.2 Å². The Morgan fingerprint density at radius 2 is 2.00 bits per heavy atom. The summed E-state index contributed by atoms with van der Waals surface area (Å²) < 4.78 is 23.4. The van der Waals surface area contributed by atoms with Crippen LogP contribution in [0.25, 0.3) is 0 Å². The molecule has 2 saturated heterocycles. The molecule has 2 aliphatic rings. The van der Waals surface area contributed by atoms with Crippen LogP contribution in [0.15, 0.2) is 0 Å². The van der Waals surface area contributed by atoms with E-state index in [4.69, 9.17) is 0 Å². The standard InChI is InChI=1S/C15H25N3O5S/c1-10(2)7-17(11-5-6-24(22,23)9-11)12(19)8-18-13(20)15(3,4)16-14(18)21/h10-11H,5-9H2,1-4H3,(H,16,21). The molecule has 2 aliphatic heterocycles. The van der Waals surface area contributed by atoms with Crippen molar-refractivity contribution < 1.29 is 22.8 Å². The summed E-state index contributed by atoms with van der Waals surface area (Å²) in [7, 11) is -3.13. The summed E-state index contributed by atoms with van der Waals surface area (Å²) in [5.74, 6) is -0.694. The first-order chi connectivity index (χ1) is 10.9. The summed E-state index contributed by atoms with van der Waals surface area (Å²) in [5.41, 5.74) is -1.03. The first kappa shape index (κ1) is 18.7. The third kappa shape index (κ3) is 3.88. The van der Waals surface area contributed by atoms with E-state index in [1.54, 1.807) is 13.8 Å². The minimum Gasteiger partial charge on any atom is -0.337 e. The number of amides is 4. The second-order valence-corrected chi connectivity index (χ2v) is 9.67. The van der Waals surface area contributed by atoms with Crippen LogP contribution in [0.5, 0.6) is 0 Å². The van der Waals surface area contributed by atoms with E-state index >= 15 is 0 Å². The average molecular weight is 359 g/mol. The van der Waals surface area contributed by atoms with E-state index in [2.05, 4.69) is 5.32 Å². The molecule has 2 fully saturated rings. The zero-order valence-electron chi connectivity index (χ0n) is 14.5. The molecule has 1 N–H and O–H groups in total. The van der Waals surface area contributed by atoms with Crippen molar-refractivity contribution in [1.29, 1.82) is 0 Å². The molecule has 1 atom stereocenters. The maximum atomic E-state index is 12.7. The van der Waals surface area contributed by atoms with Gasteiger partial charge in [0.25, 0.3) is 5.91 Å². The highest BCUT2D eigenvalue weighted by molar-refractivity contribution is 7.91. The molecule has 2 rings (SSSR count). The summed E-state index contributed by atoms with van der Waals surface area (Å²) in [6, 6.07) is -0.986. The molecule has 0 bridgehead atoms. The first-order valence-electron chi connectivity index (χ1n) is 8.07. The molecule has 0 radical (unpaired) electrons. The molecule has 8 nitrogen and oxygen atoms in total. The van der Waals surface area contributed by atoms with Crippen LogP contribution in [0.1, 0.15) is 34.1 Å². The summed E-state index contributed by atoms with van der Waals surface area (Å²) in [6.07, 6.45) is 0.395. The van der Waals surface area contributed by atoms with Crippen molar-refractivity contribution in [1.82, 2.24) is 15.1 Å². The Bertz CT molecular complexity index is 656. The van der Waals surface area contributed by atoms with Crippen molar-refractivity contribution in [3.05, 3.63) is 0 Å². The predicted octanol–water partition coefficient (Wildman–Crippen LogP) is -0.0115. The molecule has 9 heteroatoms. The van der Waals surface area contributed by atoms with Crippen LogP contribution in [0.3, 0.4) is 0 Å². The number of hydrogen-bond donors (Lipinski definition) is 1. The van der Waals surface area contributed by atoms with E-state index in [9.17, 15) is 22.8 Å². The van der Waals surface area contributed by atoms with Gasteiger partial charge in [-0.05, 0) is 26.2 Å². The highest BCUT2D eigenvalue weighted by Crippen LogP contribution is 2.21. The van der Waals surface area contributed by atoms with Crippen molar-refractivity contribution in [2.75, 3.05) is 24.6 Å². The zero-order valence-corrected chi connectivity index (χ0v) is 15.4. The van der Waals surface area contributed by atoms with E-state index < -0.39 is 39.3 Å². The highest BCUT2D eigenvalue weighted by atomic mass is 32.2. The Kier molecular flexibility index (Phi) is 4.94. The van der Waals surface area contributed by atoms with Gasteiger partial charge in [0.2, 0.25) is 5.91 Å². The van der Waals surface area contributed by atoms with E-state index in [1.807, 2.05) is 13.8 Å². The average Bonchev–Trinajstić information content (AvgIpc) is 2.87. The number of sulfone groups is 1. The predicted molar refractivity (Wildman–Crippen MR) is 87.9 cm³/mol.